The van der Waals surface area contributed by atoms with Crippen LogP contribution in [-0.4, -0.2) is 47.4 Å². The monoisotopic (exact) mass is 346 g/mol. The van der Waals surface area contributed by atoms with Crippen LogP contribution in [0.4, 0.5) is 21.8 Å². The molecule has 130 valence electrons. The minimum Gasteiger partial charge on any atom is -0.378 e. The van der Waals surface area contributed by atoms with E-state index in [4.69, 9.17) is 4.74 Å². The van der Waals surface area contributed by atoms with Crippen molar-refractivity contribution in [1.29, 1.82) is 0 Å². The predicted octanol–water partition coefficient (Wildman–Crippen LogP) is 1.81. The van der Waals surface area contributed by atoms with Crippen LogP contribution in [0.1, 0.15) is 5.56 Å². The van der Waals surface area contributed by atoms with Crippen molar-refractivity contribution < 1.29 is 14.1 Å². The smallest absolute Gasteiger partial charge is 0.278 e. The maximum atomic E-state index is 13.9. The summed E-state index contributed by atoms with van der Waals surface area (Å²) in [6, 6.07) is 6.18. The number of hydrazone groups is 1. The van der Waals surface area contributed by atoms with Gasteiger partial charge in [0.15, 0.2) is 11.6 Å². The summed E-state index contributed by atoms with van der Waals surface area (Å²) in [4.78, 5) is 20.2. The van der Waals surface area contributed by atoms with E-state index >= 15 is 0 Å². The van der Waals surface area contributed by atoms with E-state index < -0.39 is 10.7 Å². The second kappa shape index (κ2) is 7.62. The first-order valence-corrected chi connectivity index (χ1v) is 7.53. The Morgan fingerprint density at radius 3 is 2.88 bits per heavy atom. The van der Waals surface area contributed by atoms with Gasteiger partial charge in [-0.3, -0.25) is 10.1 Å². The van der Waals surface area contributed by atoms with Gasteiger partial charge >= 0.3 is 0 Å². The third-order valence-corrected chi connectivity index (χ3v) is 3.54. The number of rotatable bonds is 5. The molecule has 9 nitrogen and oxygen atoms in total. The predicted molar refractivity (Wildman–Crippen MR) is 89.3 cm³/mol. The molecule has 1 aliphatic rings. The van der Waals surface area contributed by atoms with E-state index in [9.17, 15) is 14.5 Å². The summed E-state index contributed by atoms with van der Waals surface area (Å²) in [7, 11) is 0. The van der Waals surface area contributed by atoms with Crippen molar-refractivity contribution in [2.45, 2.75) is 0 Å². The molecule has 0 atom stereocenters. The number of nitrogens with zero attached hydrogens (tertiary/aromatic N) is 5. The zero-order valence-electron chi connectivity index (χ0n) is 13.1. The van der Waals surface area contributed by atoms with Gasteiger partial charge in [-0.25, -0.2) is 14.8 Å². The Balaban J connectivity index is 1.74. The molecule has 0 aliphatic carbocycles. The zero-order chi connectivity index (χ0) is 17.6. The quantitative estimate of drug-likeness (QED) is 0.500. The van der Waals surface area contributed by atoms with Crippen molar-refractivity contribution in [2.24, 2.45) is 5.10 Å². The highest BCUT2D eigenvalue weighted by atomic mass is 19.1. The lowest BCUT2D eigenvalue weighted by Gasteiger charge is -2.27. The SMILES string of the molecule is O=[N+]([O-])c1ccccc1C=NNc1ncc(F)c(N2CCOCC2)n1. The molecule has 0 radical (unpaired) electrons. The van der Waals surface area contributed by atoms with Gasteiger partial charge in [0.25, 0.3) is 5.69 Å². The Labute approximate surface area is 142 Å². The number of para-hydroxylation sites is 1. The Morgan fingerprint density at radius 2 is 2.12 bits per heavy atom. The number of morpholine rings is 1. The number of nitro groups is 1. The molecule has 1 aromatic heterocycles. The molecule has 1 N–H and O–H groups in total. The summed E-state index contributed by atoms with van der Waals surface area (Å²) in [6.07, 6.45) is 2.35. The van der Waals surface area contributed by atoms with E-state index in [0.717, 1.165) is 6.20 Å². The van der Waals surface area contributed by atoms with Gasteiger partial charge in [-0.15, -0.1) is 0 Å². The summed E-state index contributed by atoms with van der Waals surface area (Å²) >= 11 is 0. The molecule has 3 rings (SSSR count). The van der Waals surface area contributed by atoms with Gasteiger partial charge in [0.05, 0.1) is 36.1 Å². The fourth-order valence-corrected chi connectivity index (χ4v) is 2.33. The van der Waals surface area contributed by atoms with Crippen LogP contribution in [0.25, 0.3) is 0 Å². The van der Waals surface area contributed by atoms with E-state index in [1.807, 2.05) is 0 Å². The summed E-state index contributed by atoms with van der Waals surface area (Å²) in [5, 5.41) is 14.9. The van der Waals surface area contributed by atoms with E-state index in [-0.39, 0.29) is 17.5 Å². The highest BCUT2D eigenvalue weighted by Gasteiger charge is 2.17. The van der Waals surface area contributed by atoms with Crippen LogP contribution in [0.2, 0.25) is 0 Å². The lowest BCUT2D eigenvalue weighted by molar-refractivity contribution is -0.385. The molecular formula is C15H15FN6O3. The van der Waals surface area contributed by atoms with Crippen LogP contribution in [0.15, 0.2) is 35.6 Å². The van der Waals surface area contributed by atoms with E-state index in [2.05, 4.69) is 20.5 Å². The number of aromatic nitrogens is 2. The number of nitro benzene ring substituents is 1. The third-order valence-electron chi connectivity index (χ3n) is 3.54. The average Bonchev–Trinajstić information content (AvgIpc) is 2.64. The van der Waals surface area contributed by atoms with Crippen molar-refractivity contribution in [3.05, 3.63) is 52.0 Å². The number of nitrogens with one attached hydrogen (secondary N) is 1. The standard InChI is InChI=1S/C15H15FN6O3/c16-12-10-17-15(19-14(12)21-5-7-25-8-6-21)20-18-9-11-3-1-2-4-13(11)22(23)24/h1-4,9-10H,5-8H2,(H,17,19,20). The normalized spacial score (nSPS) is 14.7. The fraction of sp³-hybridized carbons (Fsp3) is 0.267. The van der Waals surface area contributed by atoms with Crippen molar-refractivity contribution in [3.8, 4) is 0 Å². The molecule has 1 aliphatic heterocycles. The van der Waals surface area contributed by atoms with Crippen LogP contribution in [0.5, 0.6) is 0 Å². The van der Waals surface area contributed by atoms with Gasteiger partial charge < -0.3 is 9.64 Å². The molecule has 0 unspecified atom stereocenters. The van der Waals surface area contributed by atoms with Gasteiger partial charge in [0, 0.05) is 19.2 Å². The van der Waals surface area contributed by atoms with E-state index in [1.54, 1.807) is 23.1 Å². The van der Waals surface area contributed by atoms with Crippen molar-refractivity contribution in [1.82, 2.24) is 9.97 Å². The lowest BCUT2D eigenvalue weighted by Crippen LogP contribution is -2.37. The molecule has 2 heterocycles. The van der Waals surface area contributed by atoms with Gasteiger partial charge in [0.2, 0.25) is 5.95 Å². The number of hydrogen-bond donors (Lipinski definition) is 1. The molecule has 0 bridgehead atoms. The fourth-order valence-electron chi connectivity index (χ4n) is 2.33. The molecule has 1 fully saturated rings. The van der Waals surface area contributed by atoms with Gasteiger partial charge in [-0.05, 0) is 6.07 Å². The van der Waals surface area contributed by atoms with Crippen LogP contribution >= 0.6 is 0 Å². The molecule has 1 saturated heterocycles. The summed E-state index contributed by atoms with van der Waals surface area (Å²) in [5.74, 6) is -0.269. The highest BCUT2D eigenvalue weighted by Crippen LogP contribution is 2.19. The van der Waals surface area contributed by atoms with Gasteiger partial charge in [-0.2, -0.15) is 10.1 Å². The molecular weight excluding hydrogens is 331 g/mol. The number of ether oxygens (including phenoxy) is 1. The van der Waals surface area contributed by atoms with Crippen LogP contribution in [0.3, 0.4) is 0 Å². The largest absolute Gasteiger partial charge is 0.378 e. The topological polar surface area (TPSA) is 106 Å². The lowest BCUT2D eigenvalue weighted by atomic mass is 10.2. The molecule has 0 spiro atoms. The van der Waals surface area contributed by atoms with E-state index in [0.29, 0.717) is 31.9 Å². The first kappa shape index (κ1) is 16.7. The van der Waals surface area contributed by atoms with Crippen molar-refractivity contribution >= 4 is 23.7 Å². The first-order valence-electron chi connectivity index (χ1n) is 7.53. The van der Waals surface area contributed by atoms with Gasteiger partial charge in [0.1, 0.15) is 0 Å². The third kappa shape index (κ3) is 4.04. The molecule has 0 saturated carbocycles. The molecule has 2 aromatic rings. The Hall–Kier alpha value is -3.14. The number of hydrogen-bond acceptors (Lipinski definition) is 8. The number of anilines is 2. The summed E-state index contributed by atoms with van der Waals surface area (Å²) in [6.45, 7) is 2.07. The molecule has 0 amide bonds. The second-order valence-corrected chi connectivity index (χ2v) is 5.15. The Morgan fingerprint density at radius 1 is 1.36 bits per heavy atom. The maximum absolute atomic E-state index is 13.9. The van der Waals surface area contributed by atoms with Crippen LogP contribution in [0, 0.1) is 15.9 Å². The number of benzene rings is 1. The minimum absolute atomic E-state index is 0.0675. The minimum atomic E-state index is -0.532. The average molecular weight is 346 g/mol. The highest BCUT2D eigenvalue weighted by molar-refractivity contribution is 5.85. The zero-order valence-corrected chi connectivity index (χ0v) is 13.1. The van der Waals surface area contributed by atoms with Gasteiger partial charge in [-0.1, -0.05) is 12.1 Å². The molecule has 10 heteroatoms. The maximum Gasteiger partial charge on any atom is 0.278 e. The molecule has 1 aromatic carbocycles. The van der Waals surface area contributed by atoms with Crippen LogP contribution < -0.4 is 10.3 Å². The van der Waals surface area contributed by atoms with Crippen molar-refractivity contribution in [2.75, 3.05) is 36.6 Å². The second-order valence-electron chi connectivity index (χ2n) is 5.15. The molecule has 25 heavy (non-hydrogen) atoms. The van der Waals surface area contributed by atoms with Crippen LogP contribution in [-0.2, 0) is 4.74 Å². The summed E-state index contributed by atoms with van der Waals surface area (Å²) < 4.78 is 19.2. The first-order chi connectivity index (χ1) is 12.1. The Bertz CT molecular complexity index is 795. The number of halogens is 1. The summed E-state index contributed by atoms with van der Waals surface area (Å²) in [5.41, 5.74) is 2.83. The van der Waals surface area contributed by atoms with E-state index in [1.165, 1.54) is 12.3 Å². The van der Waals surface area contributed by atoms with Crippen molar-refractivity contribution in [3.63, 3.8) is 0 Å². The Kier molecular flexibility index (Phi) is 5.09.